The SMILES string of the molecule is CC(C)(C)SCC(=O)N1CCC2OCC(=O)NC2C1. The molecular formula is C13H22N2O3S. The van der Waals surface area contributed by atoms with Crippen LogP contribution in [0.15, 0.2) is 0 Å². The van der Waals surface area contributed by atoms with Crippen LogP contribution in [0.5, 0.6) is 0 Å². The first-order valence-electron chi connectivity index (χ1n) is 6.68. The van der Waals surface area contributed by atoms with E-state index in [-0.39, 0.29) is 35.3 Å². The molecular weight excluding hydrogens is 264 g/mol. The van der Waals surface area contributed by atoms with Crippen molar-refractivity contribution in [2.45, 2.75) is 44.1 Å². The fraction of sp³-hybridized carbons (Fsp3) is 0.846. The number of amides is 2. The molecule has 2 heterocycles. The van der Waals surface area contributed by atoms with Gasteiger partial charge in [-0.1, -0.05) is 20.8 Å². The maximum absolute atomic E-state index is 12.2. The number of thioether (sulfide) groups is 1. The largest absolute Gasteiger partial charge is 0.366 e. The van der Waals surface area contributed by atoms with Gasteiger partial charge < -0.3 is 15.0 Å². The quantitative estimate of drug-likeness (QED) is 0.809. The van der Waals surface area contributed by atoms with Gasteiger partial charge in [0.2, 0.25) is 11.8 Å². The Labute approximate surface area is 118 Å². The second-order valence-electron chi connectivity index (χ2n) is 6.05. The molecule has 0 radical (unpaired) electrons. The highest BCUT2D eigenvalue weighted by molar-refractivity contribution is 8.01. The van der Waals surface area contributed by atoms with Crippen LogP contribution in [0.4, 0.5) is 0 Å². The van der Waals surface area contributed by atoms with Gasteiger partial charge >= 0.3 is 0 Å². The van der Waals surface area contributed by atoms with Crippen molar-refractivity contribution < 1.29 is 14.3 Å². The molecule has 0 aromatic carbocycles. The number of piperidine rings is 1. The molecule has 108 valence electrons. The summed E-state index contributed by atoms with van der Waals surface area (Å²) in [4.78, 5) is 25.3. The zero-order chi connectivity index (χ0) is 14.0. The highest BCUT2D eigenvalue weighted by atomic mass is 32.2. The van der Waals surface area contributed by atoms with Gasteiger partial charge in [0.15, 0.2) is 0 Å². The van der Waals surface area contributed by atoms with Gasteiger partial charge in [0.25, 0.3) is 0 Å². The molecule has 2 atom stereocenters. The van der Waals surface area contributed by atoms with E-state index in [1.807, 2.05) is 4.90 Å². The lowest BCUT2D eigenvalue weighted by Crippen LogP contribution is -2.61. The van der Waals surface area contributed by atoms with Crippen LogP contribution >= 0.6 is 11.8 Å². The molecule has 2 saturated heterocycles. The number of carbonyl (C=O) groups excluding carboxylic acids is 2. The van der Waals surface area contributed by atoms with Crippen LogP contribution in [0.2, 0.25) is 0 Å². The minimum Gasteiger partial charge on any atom is -0.366 e. The molecule has 2 amide bonds. The summed E-state index contributed by atoms with van der Waals surface area (Å²) in [6, 6.07) is -0.0430. The van der Waals surface area contributed by atoms with Crippen molar-refractivity contribution in [3.8, 4) is 0 Å². The Bertz CT molecular complexity index is 367. The Balaban J connectivity index is 1.85. The molecule has 1 N–H and O–H groups in total. The van der Waals surface area contributed by atoms with E-state index in [0.29, 0.717) is 12.3 Å². The minimum absolute atomic E-state index is 0.0430. The number of hydrogen-bond acceptors (Lipinski definition) is 4. The van der Waals surface area contributed by atoms with Gasteiger partial charge in [0.1, 0.15) is 6.61 Å². The highest BCUT2D eigenvalue weighted by Crippen LogP contribution is 2.24. The summed E-state index contributed by atoms with van der Waals surface area (Å²) in [5, 5.41) is 2.91. The van der Waals surface area contributed by atoms with Crippen molar-refractivity contribution in [3.05, 3.63) is 0 Å². The lowest BCUT2D eigenvalue weighted by atomic mass is 10.0. The first-order chi connectivity index (χ1) is 8.85. The van der Waals surface area contributed by atoms with Gasteiger partial charge in [0.05, 0.1) is 17.9 Å². The van der Waals surface area contributed by atoms with E-state index in [2.05, 4.69) is 26.1 Å². The number of ether oxygens (including phenoxy) is 1. The third kappa shape index (κ3) is 4.11. The number of nitrogens with zero attached hydrogens (tertiary/aromatic N) is 1. The first-order valence-corrected chi connectivity index (χ1v) is 7.66. The lowest BCUT2D eigenvalue weighted by Gasteiger charge is -2.41. The number of fused-ring (bicyclic) bond motifs is 1. The summed E-state index contributed by atoms with van der Waals surface area (Å²) < 4.78 is 5.57. The maximum Gasteiger partial charge on any atom is 0.246 e. The number of likely N-dealkylation sites (tertiary alicyclic amines) is 1. The van der Waals surface area contributed by atoms with Gasteiger partial charge in [-0.2, -0.15) is 0 Å². The van der Waals surface area contributed by atoms with Gasteiger partial charge in [0, 0.05) is 17.8 Å². The van der Waals surface area contributed by atoms with Gasteiger partial charge in [-0.3, -0.25) is 9.59 Å². The molecule has 2 rings (SSSR count). The van der Waals surface area contributed by atoms with Crippen LogP contribution in [0.1, 0.15) is 27.2 Å². The van der Waals surface area contributed by atoms with Crippen molar-refractivity contribution >= 4 is 23.6 Å². The van der Waals surface area contributed by atoms with E-state index in [0.717, 1.165) is 13.0 Å². The molecule has 19 heavy (non-hydrogen) atoms. The van der Waals surface area contributed by atoms with E-state index < -0.39 is 0 Å². The van der Waals surface area contributed by atoms with Crippen molar-refractivity contribution in [2.24, 2.45) is 0 Å². The Hall–Kier alpha value is -0.750. The average Bonchev–Trinajstić information content (AvgIpc) is 2.34. The fourth-order valence-electron chi connectivity index (χ4n) is 2.30. The van der Waals surface area contributed by atoms with Gasteiger partial charge in [-0.25, -0.2) is 0 Å². The van der Waals surface area contributed by atoms with Crippen LogP contribution < -0.4 is 5.32 Å². The van der Waals surface area contributed by atoms with Crippen LogP contribution in [0, 0.1) is 0 Å². The molecule has 2 unspecified atom stereocenters. The first kappa shape index (κ1) is 14.7. The lowest BCUT2D eigenvalue weighted by molar-refractivity contribution is -0.145. The van der Waals surface area contributed by atoms with E-state index in [9.17, 15) is 9.59 Å². The summed E-state index contributed by atoms with van der Waals surface area (Å²) in [5.41, 5.74) is 0. The van der Waals surface area contributed by atoms with Crippen molar-refractivity contribution in [3.63, 3.8) is 0 Å². The predicted molar refractivity (Wildman–Crippen MR) is 75.1 cm³/mol. The summed E-state index contributed by atoms with van der Waals surface area (Å²) in [5.74, 6) is 0.563. The predicted octanol–water partition coefficient (Wildman–Crippen LogP) is 0.634. The number of rotatable bonds is 2. The van der Waals surface area contributed by atoms with E-state index in [1.54, 1.807) is 11.8 Å². The van der Waals surface area contributed by atoms with E-state index in [4.69, 9.17) is 4.74 Å². The Morgan fingerprint density at radius 1 is 1.53 bits per heavy atom. The van der Waals surface area contributed by atoms with Crippen molar-refractivity contribution in [1.29, 1.82) is 0 Å². The number of morpholine rings is 1. The molecule has 2 aliphatic rings. The summed E-state index contributed by atoms with van der Waals surface area (Å²) in [6.07, 6.45) is 0.869. The zero-order valence-corrected chi connectivity index (χ0v) is 12.6. The Morgan fingerprint density at radius 3 is 2.95 bits per heavy atom. The molecule has 0 aromatic rings. The second-order valence-corrected chi connectivity index (χ2v) is 7.86. The smallest absolute Gasteiger partial charge is 0.246 e. The van der Waals surface area contributed by atoms with Crippen molar-refractivity contribution in [2.75, 3.05) is 25.4 Å². The molecule has 0 bridgehead atoms. The van der Waals surface area contributed by atoms with Crippen molar-refractivity contribution in [1.82, 2.24) is 10.2 Å². The summed E-state index contributed by atoms with van der Waals surface area (Å²) in [7, 11) is 0. The number of carbonyl (C=O) groups is 2. The summed E-state index contributed by atoms with van der Waals surface area (Å²) >= 11 is 1.66. The number of hydrogen-bond donors (Lipinski definition) is 1. The number of nitrogens with one attached hydrogen (secondary N) is 1. The fourth-order valence-corrected chi connectivity index (χ4v) is 3.03. The van der Waals surface area contributed by atoms with Crippen LogP contribution in [0.3, 0.4) is 0 Å². The van der Waals surface area contributed by atoms with E-state index >= 15 is 0 Å². The highest BCUT2D eigenvalue weighted by Gasteiger charge is 2.36. The third-order valence-electron chi connectivity index (χ3n) is 3.31. The Kier molecular flexibility index (Phi) is 4.40. The molecule has 5 nitrogen and oxygen atoms in total. The third-order valence-corrected chi connectivity index (χ3v) is 4.56. The molecule has 0 saturated carbocycles. The molecule has 0 aliphatic carbocycles. The van der Waals surface area contributed by atoms with Crippen LogP contribution in [0.25, 0.3) is 0 Å². The standard InChI is InChI=1S/C13H22N2O3S/c1-13(2,3)19-8-12(17)15-5-4-10-9(6-15)14-11(16)7-18-10/h9-10H,4-8H2,1-3H3,(H,14,16). The minimum atomic E-state index is -0.0837. The molecule has 6 heteroatoms. The normalized spacial score (nSPS) is 27.7. The van der Waals surface area contributed by atoms with Crippen LogP contribution in [-0.4, -0.2) is 59.1 Å². The zero-order valence-electron chi connectivity index (χ0n) is 11.8. The molecule has 0 aromatic heterocycles. The average molecular weight is 286 g/mol. The molecule has 2 fully saturated rings. The summed E-state index contributed by atoms with van der Waals surface area (Å²) in [6.45, 7) is 7.75. The molecule has 2 aliphatic heterocycles. The topological polar surface area (TPSA) is 58.6 Å². The van der Waals surface area contributed by atoms with Gasteiger partial charge in [-0.05, 0) is 6.42 Å². The monoisotopic (exact) mass is 286 g/mol. The molecule has 0 spiro atoms. The van der Waals surface area contributed by atoms with Crippen LogP contribution in [-0.2, 0) is 14.3 Å². The Morgan fingerprint density at radius 2 is 2.26 bits per heavy atom. The second kappa shape index (κ2) is 5.71. The van der Waals surface area contributed by atoms with Gasteiger partial charge in [-0.15, -0.1) is 11.8 Å². The maximum atomic E-state index is 12.2. The van der Waals surface area contributed by atoms with E-state index in [1.165, 1.54) is 0 Å².